The number of benzene rings is 2. The highest BCUT2D eigenvalue weighted by atomic mass is 35.5. The molecule has 2 aromatic carbocycles. The molecule has 0 aliphatic rings. The number of amides is 1. The quantitative estimate of drug-likeness (QED) is 0.670. The number of imidazole rings is 1. The number of aromatic nitrogens is 2. The van der Waals surface area contributed by atoms with Gasteiger partial charge in [0.25, 0.3) is 0 Å². The molecule has 0 aliphatic heterocycles. The Bertz CT molecular complexity index is 888. The number of halogens is 2. The lowest BCUT2D eigenvalue weighted by Gasteiger charge is -2.05. The number of nitrogens with one attached hydrogen (secondary N) is 1. The van der Waals surface area contributed by atoms with Crippen LogP contribution in [0.15, 0.2) is 67.3 Å². The zero-order valence-corrected chi connectivity index (χ0v) is 14.7. The fourth-order valence-corrected chi connectivity index (χ4v) is 2.72. The minimum absolute atomic E-state index is 0.190. The third-order valence-electron chi connectivity index (χ3n) is 3.58. The standard InChI is InChI=1S/C19H15Cl2N3O/c20-16-5-3-15(18(21)11-16)4-8-19(25)23-12-14-1-6-17(7-2-14)24-10-9-22-13-24/h1-11,13H,12H2,(H,23,25)/b8-4+. The zero-order valence-electron chi connectivity index (χ0n) is 13.2. The monoisotopic (exact) mass is 371 g/mol. The Balaban J connectivity index is 1.56. The van der Waals surface area contributed by atoms with Gasteiger partial charge in [0.15, 0.2) is 0 Å². The van der Waals surface area contributed by atoms with Crippen molar-refractivity contribution in [3.8, 4) is 5.69 Å². The van der Waals surface area contributed by atoms with E-state index in [0.29, 0.717) is 16.6 Å². The molecule has 0 unspecified atom stereocenters. The zero-order chi connectivity index (χ0) is 17.6. The van der Waals surface area contributed by atoms with Crippen LogP contribution in [0.5, 0.6) is 0 Å². The van der Waals surface area contributed by atoms with E-state index in [9.17, 15) is 4.79 Å². The predicted octanol–water partition coefficient (Wildman–Crippen LogP) is 4.51. The maximum Gasteiger partial charge on any atom is 0.244 e. The molecule has 1 N–H and O–H groups in total. The lowest BCUT2D eigenvalue weighted by molar-refractivity contribution is -0.116. The molecule has 3 aromatic rings. The van der Waals surface area contributed by atoms with Gasteiger partial charge in [-0.15, -0.1) is 0 Å². The second-order valence-corrected chi connectivity index (χ2v) is 6.20. The summed E-state index contributed by atoms with van der Waals surface area (Å²) in [5, 5.41) is 3.91. The predicted molar refractivity (Wildman–Crippen MR) is 101 cm³/mol. The van der Waals surface area contributed by atoms with Crippen molar-refractivity contribution in [2.75, 3.05) is 0 Å². The van der Waals surface area contributed by atoms with Crippen molar-refractivity contribution in [3.63, 3.8) is 0 Å². The Labute approximate surface area is 155 Å². The van der Waals surface area contributed by atoms with Crippen LogP contribution < -0.4 is 5.32 Å². The summed E-state index contributed by atoms with van der Waals surface area (Å²) in [5.74, 6) is -0.190. The summed E-state index contributed by atoms with van der Waals surface area (Å²) in [5.41, 5.74) is 2.77. The highest BCUT2D eigenvalue weighted by molar-refractivity contribution is 6.35. The highest BCUT2D eigenvalue weighted by Crippen LogP contribution is 2.21. The largest absolute Gasteiger partial charge is 0.348 e. The topological polar surface area (TPSA) is 46.9 Å². The molecule has 0 radical (unpaired) electrons. The second-order valence-electron chi connectivity index (χ2n) is 5.35. The first-order chi connectivity index (χ1) is 12.1. The summed E-state index contributed by atoms with van der Waals surface area (Å²) in [7, 11) is 0. The van der Waals surface area contributed by atoms with Crippen molar-refractivity contribution in [3.05, 3.63) is 88.4 Å². The molecule has 1 aromatic heterocycles. The van der Waals surface area contributed by atoms with E-state index in [-0.39, 0.29) is 5.91 Å². The van der Waals surface area contributed by atoms with E-state index in [1.807, 2.05) is 35.0 Å². The van der Waals surface area contributed by atoms with Crippen LogP contribution in [-0.2, 0) is 11.3 Å². The molecule has 4 nitrogen and oxygen atoms in total. The molecule has 0 atom stereocenters. The van der Waals surface area contributed by atoms with Gasteiger partial charge in [0.05, 0.1) is 6.33 Å². The molecule has 0 fully saturated rings. The molecule has 0 bridgehead atoms. The minimum Gasteiger partial charge on any atom is -0.348 e. The molecule has 25 heavy (non-hydrogen) atoms. The van der Waals surface area contributed by atoms with Crippen LogP contribution in [0, 0.1) is 0 Å². The minimum atomic E-state index is -0.190. The normalized spacial score (nSPS) is 11.0. The van der Waals surface area contributed by atoms with E-state index in [1.54, 1.807) is 36.8 Å². The van der Waals surface area contributed by atoms with Crippen LogP contribution in [-0.4, -0.2) is 15.5 Å². The van der Waals surface area contributed by atoms with E-state index in [1.165, 1.54) is 6.08 Å². The van der Waals surface area contributed by atoms with Gasteiger partial charge in [-0.3, -0.25) is 4.79 Å². The first-order valence-corrected chi connectivity index (χ1v) is 8.35. The van der Waals surface area contributed by atoms with Gasteiger partial charge < -0.3 is 9.88 Å². The lowest BCUT2D eigenvalue weighted by Crippen LogP contribution is -2.20. The number of nitrogens with zero attached hydrogens (tertiary/aromatic N) is 2. The first-order valence-electron chi connectivity index (χ1n) is 7.60. The van der Waals surface area contributed by atoms with Gasteiger partial charge in [0, 0.05) is 40.7 Å². The number of carbonyl (C=O) groups is 1. The maximum absolute atomic E-state index is 11.9. The summed E-state index contributed by atoms with van der Waals surface area (Å²) in [6, 6.07) is 13.0. The average Bonchev–Trinajstić information content (AvgIpc) is 3.14. The van der Waals surface area contributed by atoms with Gasteiger partial charge in [-0.2, -0.15) is 0 Å². The van der Waals surface area contributed by atoms with Gasteiger partial charge >= 0.3 is 0 Å². The van der Waals surface area contributed by atoms with E-state index >= 15 is 0 Å². The fraction of sp³-hybridized carbons (Fsp3) is 0.0526. The fourth-order valence-electron chi connectivity index (χ4n) is 2.25. The Hall–Kier alpha value is -2.56. The van der Waals surface area contributed by atoms with Gasteiger partial charge in [0.2, 0.25) is 5.91 Å². The van der Waals surface area contributed by atoms with Gasteiger partial charge in [-0.25, -0.2) is 4.98 Å². The van der Waals surface area contributed by atoms with Crippen molar-refractivity contribution < 1.29 is 4.79 Å². The molecule has 0 aliphatic carbocycles. The molecular formula is C19H15Cl2N3O. The molecular weight excluding hydrogens is 357 g/mol. The first kappa shape index (κ1) is 17.3. The molecule has 0 spiro atoms. The number of hydrogen-bond donors (Lipinski definition) is 1. The average molecular weight is 372 g/mol. The van der Waals surface area contributed by atoms with E-state index < -0.39 is 0 Å². The van der Waals surface area contributed by atoms with Crippen LogP contribution in [0.4, 0.5) is 0 Å². The van der Waals surface area contributed by atoms with E-state index in [4.69, 9.17) is 23.2 Å². The Morgan fingerprint density at radius 1 is 1.16 bits per heavy atom. The van der Waals surface area contributed by atoms with Crippen LogP contribution in [0.25, 0.3) is 11.8 Å². The van der Waals surface area contributed by atoms with Crippen molar-refractivity contribution in [1.82, 2.24) is 14.9 Å². The summed E-state index contributed by atoms with van der Waals surface area (Å²) in [6.07, 6.45) is 8.46. The molecule has 1 heterocycles. The molecule has 1 amide bonds. The van der Waals surface area contributed by atoms with Crippen molar-refractivity contribution >= 4 is 35.2 Å². The molecule has 6 heteroatoms. The highest BCUT2D eigenvalue weighted by Gasteiger charge is 2.01. The molecule has 3 rings (SSSR count). The smallest absolute Gasteiger partial charge is 0.244 e. The maximum atomic E-state index is 11.9. The third-order valence-corrected chi connectivity index (χ3v) is 4.14. The summed E-state index contributed by atoms with van der Waals surface area (Å²) < 4.78 is 1.92. The number of hydrogen-bond acceptors (Lipinski definition) is 2. The third kappa shape index (κ3) is 4.72. The molecule has 126 valence electrons. The summed E-state index contributed by atoms with van der Waals surface area (Å²) >= 11 is 11.9. The Kier molecular flexibility index (Phi) is 5.53. The second kappa shape index (κ2) is 8.01. The van der Waals surface area contributed by atoms with Crippen LogP contribution in [0.1, 0.15) is 11.1 Å². The van der Waals surface area contributed by atoms with Crippen LogP contribution in [0.2, 0.25) is 10.0 Å². The number of rotatable bonds is 5. The lowest BCUT2D eigenvalue weighted by atomic mass is 10.2. The Morgan fingerprint density at radius 3 is 2.64 bits per heavy atom. The molecule has 0 saturated carbocycles. The summed E-state index contributed by atoms with van der Waals surface area (Å²) in [4.78, 5) is 16.0. The number of carbonyl (C=O) groups excluding carboxylic acids is 1. The SMILES string of the molecule is O=C(/C=C/c1ccc(Cl)cc1Cl)NCc1ccc(-n2ccnc2)cc1. The Morgan fingerprint density at radius 2 is 1.96 bits per heavy atom. The molecule has 0 saturated heterocycles. The summed E-state index contributed by atoms with van der Waals surface area (Å²) in [6.45, 7) is 0.446. The van der Waals surface area contributed by atoms with Gasteiger partial charge in [-0.05, 0) is 41.5 Å². The van der Waals surface area contributed by atoms with Crippen molar-refractivity contribution in [2.45, 2.75) is 6.54 Å². The van der Waals surface area contributed by atoms with Crippen molar-refractivity contribution in [1.29, 1.82) is 0 Å². The van der Waals surface area contributed by atoms with Crippen LogP contribution in [0.3, 0.4) is 0 Å². The van der Waals surface area contributed by atoms with Gasteiger partial charge in [-0.1, -0.05) is 41.4 Å². The van der Waals surface area contributed by atoms with E-state index in [2.05, 4.69) is 10.3 Å². The van der Waals surface area contributed by atoms with Gasteiger partial charge in [0.1, 0.15) is 0 Å². The van der Waals surface area contributed by atoms with Crippen molar-refractivity contribution in [2.24, 2.45) is 0 Å². The van der Waals surface area contributed by atoms with E-state index in [0.717, 1.165) is 16.8 Å². The van der Waals surface area contributed by atoms with Crippen LogP contribution >= 0.6 is 23.2 Å².